The van der Waals surface area contributed by atoms with Crippen LogP contribution in [0.2, 0.25) is 0 Å². The van der Waals surface area contributed by atoms with Crippen LogP contribution in [0.15, 0.2) is 23.9 Å². The Morgan fingerprint density at radius 1 is 1.10 bits per heavy atom. The van der Waals surface area contributed by atoms with Gasteiger partial charge in [0.1, 0.15) is 5.70 Å². The summed E-state index contributed by atoms with van der Waals surface area (Å²) >= 11 is 4.95. The highest BCUT2D eigenvalue weighted by molar-refractivity contribution is 7.80. The van der Waals surface area contributed by atoms with E-state index in [1.165, 1.54) is 19.3 Å². The van der Waals surface area contributed by atoms with Gasteiger partial charge in [0.15, 0.2) is 16.6 Å². The van der Waals surface area contributed by atoms with E-state index in [1.807, 2.05) is 0 Å². The minimum atomic E-state index is -0.317. The Labute approximate surface area is 175 Å². The topological polar surface area (TPSA) is 76.7 Å². The molecule has 6 nitrogen and oxygen atoms in total. The molecule has 5 aliphatic rings. The number of amides is 1. The molecule has 0 spiro atoms. The van der Waals surface area contributed by atoms with E-state index in [-0.39, 0.29) is 22.4 Å². The Hall–Kier alpha value is -2.41. The van der Waals surface area contributed by atoms with Gasteiger partial charge in [-0.15, -0.1) is 0 Å². The molecule has 0 unspecified atom stereocenters. The van der Waals surface area contributed by atoms with Crippen molar-refractivity contribution >= 4 is 35.3 Å². The van der Waals surface area contributed by atoms with Crippen LogP contribution in [0.5, 0.6) is 11.5 Å². The maximum Gasteiger partial charge on any atom is 0.317 e. The van der Waals surface area contributed by atoms with Gasteiger partial charge in [-0.25, -0.2) is 0 Å². The number of esters is 1. The fourth-order valence-corrected chi connectivity index (χ4v) is 6.28. The zero-order valence-corrected chi connectivity index (χ0v) is 17.1. The number of methoxy groups -OCH3 is 1. The average Bonchev–Trinajstić information content (AvgIpc) is 2.98. The van der Waals surface area contributed by atoms with Gasteiger partial charge >= 0.3 is 5.97 Å². The van der Waals surface area contributed by atoms with E-state index >= 15 is 0 Å². The molecule has 0 aromatic heterocycles. The predicted molar refractivity (Wildman–Crippen MR) is 111 cm³/mol. The minimum absolute atomic E-state index is 0.108. The number of carbonyl (C=O) groups excluding carboxylic acids is 2. The van der Waals surface area contributed by atoms with E-state index in [2.05, 4.69) is 10.6 Å². The summed E-state index contributed by atoms with van der Waals surface area (Å²) in [4.78, 5) is 25.0. The molecule has 4 bridgehead atoms. The fourth-order valence-electron chi connectivity index (χ4n) is 6.08. The van der Waals surface area contributed by atoms with Crippen LogP contribution in [0.3, 0.4) is 0 Å². The lowest BCUT2D eigenvalue weighted by molar-refractivity contribution is -0.161. The van der Waals surface area contributed by atoms with E-state index in [9.17, 15) is 9.59 Å². The standard InChI is InChI=1S/C22H24N2O4S/c1-27-18-8-12(7-16-19(25)24-21(29)23-16)2-3-17(18)28-20(26)22-9-13-4-14(10-22)6-15(5-13)11-22/h2-3,7-8,13-15H,4-6,9-11H2,1H3,(H2,23,24,25,29)/b16-7+. The zero-order chi connectivity index (χ0) is 20.2. The number of nitrogens with one attached hydrogen (secondary N) is 2. The van der Waals surface area contributed by atoms with Gasteiger partial charge in [0.25, 0.3) is 5.91 Å². The van der Waals surface area contributed by atoms with Crippen LogP contribution in [0.4, 0.5) is 0 Å². The lowest BCUT2D eigenvalue weighted by Crippen LogP contribution is -2.51. The molecule has 1 aliphatic heterocycles. The third-order valence-corrected chi connectivity index (χ3v) is 7.10. The lowest BCUT2D eigenvalue weighted by Gasteiger charge is -2.55. The first-order valence-electron chi connectivity index (χ1n) is 10.2. The van der Waals surface area contributed by atoms with Gasteiger partial charge in [-0.3, -0.25) is 14.9 Å². The largest absolute Gasteiger partial charge is 0.493 e. The van der Waals surface area contributed by atoms with Gasteiger partial charge < -0.3 is 14.8 Å². The first-order chi connectivity index (χ1) is 13.9. The van der Waals surface area contributed by atoms with Crippen molar-refractivity contribution in [2.75, 3.05) is 7.11 Å². The minimum Gasteiger partial charge on any atom is -0.493 e. The number of carbonyl (C=O) groups is 2. The summed E-state index contributed by atoms with van der Waals surface area (Å²) in [5.74, 6) is 2.56. The van der Waals surface area contributed by atoms with Crippen LogP contribution in [-0.4, -0.2) is 24.1 Å². The van der Waals surface area contributed by atoms with Crippen LogP contribution in [0.25, 0.3) is 6.08 Å². The fraction of sp³-hybridized carbons (Fsp3) is 0.500. The highest BCUT2D eigenvalue weighted by Crippen LogP contribution is 2.60. The van der Waals surface area contributed by atoms with Crippen LogP contribution < -0.4 is 20.1 Å². The van der Waals surface area contributed by atoms with Crippen molar-refractivity contribution in [2.45, 2.75) is 38.5 Å². The average molecular weight is 413 g/mol. The number of hydrogen-bond donors (Lipinski definition) is 2. The first kappa shape index (κ1) is 18.6. The molecule has 7 heteroatoms. The molecule has 1 amide bonds. The molecule has 1 saturated heterocycles. The molecule has 2 N–H and O–H groups in total. The van der Waals surface area contributed by atoms with Crippen molar-refractivity contribution in [2.24, 2.45) is 23.2 Å². The van der Waals surface area contributed by atoms with E-state index in [0.717, 1.165) is 24.8 Å². The van der Waals surface area contributed by atoms with Crippen LogP contribution in [0.1, 0.15) is 44.1 Å². The van der Waals surface area contributed by atoms with E-state index in [0.29, 0.717) is 34.9 Å². The smallest absolute Gasteiger partial charge is 0.317 e. The van der Waals surface area contributed by atoms with Crippen molar-refractivity contribution in [3.63, 3.8) is 0 Å². The molecule has 1 aromatic rings. The number of thiocarbonyl (C=S) groups is 1. The number of rotatable bonds is 4. The van der Waals surface area contributed by atoms with Crippen molar-refractivity contribution in [1.29, 1.82) is 0 Å². The van der Waals surface area contributed by atoms with Crippen molar-refractivity contribution < 1.29 is 19.1 Å². The highest BCUT2D eigenvalue weighted by atomic mass is 32.1. The SMILES string of the molecule is COc1cc(/C=C2/NC(=S)NC2=O)ccc1OC(=O)C12CC3CC(CC(C3)C1)C2. The second-order valence-corrected chi connectivity index (χ2v) is 9.37. The van der Waals surface area contributed by atoms with Gasteiger partial charge in [-0.1, -0.05) is 6.07 Å². The maximum absolute atomic E-state index is 13.2. The van der Waals surface area contributed by atoms with Gasteiger partial charge in [-0.2, -0.15) is 0 Å². The van der Waals surface area contributed by atoms with E-state index in [1.54, 1.807) is 31.4 Å². The molecule has 0 radical (unpaired) electrons. The van der Waals surface area contributed by atoms with E-state index in [4.69, 9.17) is 21.7 Å². The number of hydrogen-bond acceptors (Lipinski definition) is 5. The summed E-state index contributed by atoms with van der Waals surface area (Å²) in [6.07, 6.45) is 8.42. The van der Waals surface area contributed by atoms with Gasteiger partial charge in [0, 0.05) is 0 Å². The Balaban J connectivity index is 1.36. The van der Waals surface area contributed by atoms with Gasteiger partial charge in [0.05, 0.1) is 12.5 Å². The molecule has 5 fully saturated rings. The molecular weight excluding hydrogens is 388 g/mol. The van der Waals surface area contributed by atoms with Crippen molar-refractivity contribution in [3.8, 4) is 11.5 Å². The van der Waals surface area contributed by atoms with Crippen molar-refractivity contribution in [3.05, 3.63) is 29.5 Å². The second kappa shape index (κ2) is 6.83. The monoisotopic (exact) mass is 412 g/mol. The van der Waals surface area contributed by atoms with Gasteiger partial charge in [0.2, 0.25) is 0 Å². The molecule has 6 rings (SSSR count). The number of benzene rings is 1. The lowest BCUT2D eigenvalue weighted by atomic mass is 9.49. The Kier molecular flexibility index (Phi) is 4.38. The molecule has 4 saturated carbocycles. The third kappa shape index (κ3) is 3.31. The van der Waals surface area contributed by atoms with Crippen LogP contribution >= 0.6 is 12.2 Å². The van der Waals surface area contributed by atoms with Crippen molar-refractivity contribution in [1.82, 2.24) is 10.6 Å². The zero-order valence-electron chi connectivity index (χ0n) is 16.3. The summed E-state index contributed by atoms with van der Waals surface area (Å²) in [5, 5.41) is 5.63. The maximum atomic E-state index is 13.2. The normalized spacial score (nSPS) is 33.6. The Bertz CT molecular complexity index is 903. The molecular formula is C22H24N2O4S. The molecule has 1 heterocycles. The first-order valence-corrected chi connectivity index (χ1v) is 10.6. The summed E-state index contributed by atoms with van der Waals surface area (Å²) in [7, 11) is 1.55. The molecule has 4 aliphatic carbocycles. The van der Waals surface area contributed by atoms with Crippen LogP contribution in [0, 0.1) is 23.2 Å². The summed E-state index contributed by atoms with van der Waals surface area (Å²) in [6.45, 7) is 0. The third-order valence-electron chi connectivity index (χ3n) is 6.89. The van der Waals surface area contributed by atoms with Gasteiger partial charge in [-0.05, 0) is 92.3 Å². The molecule has 0 atom stereocenters. The second-order valence-electron chi connectivity index (χ2n) is 8.96. The quantitative estimate of drug-likeness (QED) is 0.342. The summed E-state index contributed by atoms with van der Waals surface area (Å²) in [6, 6.07) is 5.29. The molecule has 152 valence electrons. The number of ether oxygens (including phenoxy) is 2. The van der Waals surface area contributed by atoms with Crippen LogP contribution in [-0.2, 0) is 9.59 Å². The molecule has 1 aromatic carbocycles. The predicted octanol–water partition coefficient (Wildman–Crippen LogP) is 3.16. The van der Waals surface area contributed by atoms with E-state index < -0.39 is 0 Å². The molecule has 29 heavy (non-hydrogen) atoms. The summed E-state index contributed by atoms with van der Waals surface area (Å²) < 4.78 is 11.3. The summed E-state index contributed by atoms with van der Waals surface area (Å²) in [5.41, 5.74) is 0.802. The Morgan fingerprint density at radius 3 is 2.31 bits per heavy atom. The Morgan fingerprint density at radius 2 is 1.76 bits per heavy atom. The highest BCUT2D eigenvalue weighted by Gasteiger charge is 2.55.